The van der Waals surface area contributed by atoms with Crippen LogP contribution in [0.2, 0.25) is 5.02 Å². The van der Waals surface area contributed by atoms with Crippen LogP contribution in [-0.2, 0) is 16.6 Å². The van der Waals surface area contributed by atoms with Crippen LogP contribution in [0.25, 0.3) is 6.08 Å². The summed E-state index contributed by atoms with van der Waals surface area (Å²) in [6, 6.07) is 6.63. The molecule has 1 saturated heterocycles. The number of hydrogen-bond donors (Lipinski definition) is 1. The van der Waals surface area contributed by atoms with Crippen LogP contribution >= 0.6 is 23.8 Å². The molecular formula is C16H13ClN4O2S. The monoisotopic (exact) mass is 360 g/mol. The van der Waals surface area contributed by atoms with E-state index in [2.05, 4.69) is 10.4 Å². The standard InChI is InChI=1S/C16H13ClN4O2S/c1-9-10(8-20(2)19-9)7-13-14(22)18-16(24)21(15(13)23)12-5-3-11(17)4-6-12/h3-8H,1-2H3,(H,18,22,24). The fourth-order valence-electron chi connectivity index (χ4n) is 2.40. The molecule has 1 aromatic heterocycles. The molecule has 2 aromatic rings. The van der Waals surface area contributed by atoms with Gasteiger partial charge in [-0.05, 0) is 49.5 Å². The molecule has 0 unspecified atom stereocenters. The average molecular weight is 361 g/mol. The Labute approximate surface area is 148 Å². The number of halogens is 1. The molecule has 1 aliphatic rings. The Kier molecular flexibility index (Phi) is 4.21. The van der Waals surface area contributed by atoms with Crippen LogP contribution in [0.1, 0.15) is 11.3 Å². The molecule has 0 radical (unpaired) electrons. The van der Waals surface area contributed by atoms with E-state index in [1.807, 2.05) is 0 Å². The molecule has 1 aromatic carbocycles. The summed E-state index contributed by atoms with van der Waals surface area (Å²) >= 11 is 11.0. The lowest BCUT2D eigenvalue weighted by Crippen LogP contribution is -2.54. The molecule has 24 heavy (non-hydrogen) atoms. The molecule has 0 spiro atoms. The van der Waals surface area contributed by atoms with Gasteiger partial charge in [0.05, 0.1) is 11.4 Å². The highest BCUT2D eigenvalue weighted by atomic mass is 35.5. The third kappa shape index (κ3) is 2.95. The molecule has 3 rings (SSSR count). The number of rotatable bonds is 2. The number of thiocarbonyl (C=S) groups is 1. The minimum atomic E-state index is -0.529. The summed E-state index contributed by atoms with van der Waals surface area (Å²) < 4.78 is 1.62. The lowest BCUT2D eigenvalue weighted by Gasteiger charge is -2.28. The van der Waals surface area contributed by atoms with E-state index in [-0.39, 0.29) is 10.7 Å². The molecule has 6 nitrogen and oxygen atoms in total. The van der Waals surface area contributed by atoms with Gasteiger partial charge in [-0.1, -0.05) is 11.6 Å². The Balaban J connectivity index is 2.03. The Morgan fingerprint density at radius 3 is 2.50 bits per heavy atom. The predicted molar refractivity (Wildman–Crippen MR) is 95.6 cm³/mol. The lowest BCUT2D eigenvalue weighted by atomic mass is 10.1. The maximum atomic E-state index is 12.8. The zero-order valence-electron chi connectivity index (χ0n) is 12.9. The first kappa shape index (κ1) is 16.4. The lowest BCUT2D eigenvalue weighted by molar-refractivity contribution is -0.122. The Morgan fingerprint density at radius 1 is 1.25 bits per heavy atom. The molecule has 122 valence electrons. The molecule has 0 atom stereocenters. The Bertz CT molecular complexity index is 886. The van der Waals surface area contributed by atoms with Gasteiger partial charge in [-0.15, -0.1) is 0 Å². The van der Waals surface area contributed by atoms with Gasteiger partial charge in [0.2, 0.25) is 0 Å². The molecule has 1 fully saturated rings. The molecule has 1 aliphatic heterocycles. The normalized spacial score (nSPS) is 16.7. The zero-order chi connectivity index (χ0) is 17.4. The van der Waals surface area contributed by atoms with E-state index in [1.165, 1.54) is 11.0 Å². The minimum absolute atomic E-state index is 0.00495. The van der Waals surface area contributed by atoms with E-state index < -0.39 is 11.8 Å². The first-order valence-corrected chi connectivity index (χ1v) is 7.82. The number of anilines is 1. The maximum absolute atomic E-state index is 12.8. The van der Waals surface area contributed by atoms with E-state index in [0.717, 1.165) is 5.69 Å². The van der Waals surface area contributed by atoms with Gasteiger partial charge in [0.25, 0.3) is 11.8 Å². The summed E-state index contributed by atoms with van der Waals surface area (Å²) in [6.07, 6.45) is 3.26. The van der Waals surface area contributed by atoms with E-state index in [1.54, 1.807) is 49.1 Å². The number of nitrogens with one attached hydrogen (secondary N) is 1. The van der Waals surface area contributed by atoms with Gasteiger partial charge in [-0.2, -0.15) is 5.10 Å². The van der Waals surface area contributed by atoms with E-state index in [0.29, 0.717) is 16.3 Å². The number of benzene rings is 1. The number of nitrogens with zero attached hydrogens (tertiary/aromatic N) is 3. The van der Waals surface area contributed by atoms with Crippen molar-refractivity contribution in [3.8, 4) is 0 Å². The van der Waals surface area contributed by atoms with Crippen molar-refractivity contribution in [1.29, 1.82) is 0 Å². The van der Waals surface area contributed by atoms with Gasteiger partial charge >= 0.3 is 0 Å². The van der Waals surface area contributed by atoms with E-state index in [4.69, 9.17) is 23.8 Å². The molecule has 0 bridgehead atoms. The molecule has 2 amide bonds. The number of aromatic nitrogens is 2. The summed E-state index contributed by atoms with van der Waals surface area (Å²) in [4.78, 5) is 26.3. The van der Waals surface area contributed by atoms with Crippen LogP contribution in [0.4, 0.5) is 5.69 Å². The molecule has 0 saturated carbocycles. The van der Waals surface area contributed by atoms with Crippen LogP contribution in [0, 0.1) is 6.92 Å². The van der Waals surface area contributed by atoms with Crippen molar-refractivity contribution < 1.29 is 9.59 Å². The van der Waals surface area contributed by atoms with Gasteiger partial charge < -0.3 is 0 Å². The average Bonchev–Trinajstić information content (AvgIpc) is 2.83. The fraction of sp³-hybridized carbons (Fsp3) is 0.125. The zero-order valence-corrected chi connectivity index (χ0v) is 14.5. The molecule has 1 N–H and O–H groups in total. The molecule has 8 heteroatoms. The van der Waals surface area contributed by atoms with Crippen molar-refractivity contribution in [1.82, 2.24) is 15.1 Å². The summed E-state index contributed by atoms with van der Waals surface area (Å²) in [7, 11) is 1.77. The fourth-order valence-corrected chi connectivity index (χ4v) is 2.80. The quantitative estimate of drug-likeness (QED) is 0.506. The van der Waals surface area contributed by atoms with E-state index >= 15 is 0 Å². The minimum Gasteiger partial charge on any atom is -0.298 e. The molecule has 0 aliphatic carbocycles. The van der Waals surface area contributed by atoms with Gasteiger partial charge in [-0.3, -0.25) is 24.5 Å². The van der Waals surface area contributed by atoms with Crippen LogP contribution < -0.4 is 10.2 Å². The van der Waals surface area contributed by atoms with Crippen molar-refractivity contribution in [3.05, 3.63) is 52.3 Å². The predicted octanol–water partition coefficient (Wildman–Crippen LogP) is 2.21. The van der Waals surface area contributed by atoms with Crippen LogP contribution in [-0.4, -0.2) is 26.7 Å². The van der Waals surface area contributed by atoms with Crippen LogP contribution in [0.5, 0.6) is 0 Å². The van der Waals surface area contributed by atoms with Crippen molar-refractivity contribution in [3.63, 3.8) is 0 Å². The number of amides is 2. The topological polar surface area (TPSA) is 67.2 Å². The second-order valence-corrected chi connectivity index (χ2v) is 6.10. The summed E-state index contributed by atoms with van der Waals surface area (Å²) in [5.74, 6) is -1.02. The second-order valence-electron chi connectivity index (χ2n) is 5.28. The maximum Gasteiger partial charge on any atom is 0.270 e. The summed E-state index contributed by atoms with van der Waals surface area (Å²) in [5.41, 5.74) is 1.94. The first-order chi connectivity index (χ1) is 11.4. The van der Waals surface area contributed by atoms with E-state index in [9.17, 15) is 9.59 Å². The summed E-state index contributed by atoms with van der Waals surface area (Å²) in [6.45, 7) is 1.80. The third-order valence-electron chi connectivity index (χ3n) is 3.54. The van der Waals surface area contributed by atoms with Crippen LogP contribution in [0.3, 0.4) is 0 Å². The van der Waals surface area contributed by atoms with Crippen molar-refractivity contribution in [2.45, 2.75) is 6.92 Å². The van der Waals surface area contributed by atoms with Gasteiger partial charge in [-0.25, -0.2) is 0 Å². The van der Waals surface area contributed by atoms with Gasteiger partial charge in [0, 0.05) is 23.8 Å². The number of carbonyl (C=O) groups excluding carboxylic acids is 2. The highest BCUT2D eigenvalue weighted by molar-refractivity contribution is 7.80. The first-order valence-electron chi connectivity index (χ1n) is 7.04. The Hall–Kier alpha value is -2.51. The number of aryl methyl sites for hydroxylation is 2. The number of hydrogen-bond acceptors (Lipinski definition) is 4. The van der Waals surface area contributed by atoms with Crippen molar-refractivity contribution in [2.75, 3.05) is 4.90 Å². The van der Waals surface area contributed by atoms with Crippen LogP contribution in [0.15, 0.2) is 36.0 Å². The largest absolute Gasteiger partial charge is 0.298 e. The molecular weight excluding hydrogens is 348 g/mol. The summed E-state index contributed by atoms with van der Waals surface area (Å²) in [5, 5.41) is 7.32. The van der Waals surface area contributed by atoms with Crippen molar-refractivity contribution >= 4 is 52.5 Å². The van der Waals surface area contributed by atoms with Crippen molar-refractivity contribution in [2.24, 2.45) is 7.05 Å². The second kappa shape index (κ2) is 6.18. The third-order valence-corrected chi connectivity index (χ3v) is 4.07. The van der Waals surface area contributed by atoms with Gasteiger partial charge in [0.15, 0.2) is 5.11 Å². The molecule has 2 heterocycles. The highest BCUT2D eigenvalue weighted by Gasteiger charge is 2.34. The smallest absolute Gasteiger partial charge is 0.270 e. The number of carbonyl (C=O) groups is 2. The Morgan fingerprint density at radius 2 is 1.92 bits per heavy atom. The SMILES string of the molecule is Cc1nn(C)cc1C=C1C(=O)NC(=S)N(c2ccc(Cl)cc2)C1=O. The van der Waals surface area contributed by atoms with Gasteiger partial charge in [0.1, 0.15) is 5.57 Å². The highest BCUT2D eigenvalue weighted by Crippen LogP contribution is 2.24.